The minimum Gasteiger partial charge on any atom is -0.312 e. The Balaban J connectivity index is 2.72. The minimum absolute atomic E-state index is 0.184. The molecule has 0 heterocycles. The van der Waals surface area contributed by atoms with E-state index in [4.69, 9.17) is 0 Å². The molecule has 0 spiro atoms. The second kappa shape index (κ2) is 7.81. The van der Waals surface area contributed by atoms with Gasteiger partial charge in [-0.2, -0.15) is 0 Å². The van der Waals surface area contributed by atoms with Crippen molar-refractivity contribution in [3.63, 3.8) is 0 Å². The lowest BCUT2D eigenvalue weighted by molar-refractivity contribution is 0.602. The molecule has 0 aliphatic carbocycles. The fourth-order valence-electron chi connectivity index (χ4n) is 2.02. The molecule has 0 radical (unpaired) electrons. The number of hydrogen-bond acceptors (Lipinski definition) is 2. The molecule has 0 aliphatic heterocycles. The normalized spacial score (nSPS) is 16.1. The van der Waals surface area contributed by atoms with Crippen LogP contribution in [0.3, 0.4) is 0 Å². The van der Waals surface area contributed by atoms with Crippen LogP contribution in [-0.4, -0.2) is 22.8 Å². The zero-order valence-corrected chi connectivity index (χ0v) is 13.6. The molecular weight excluding hydrogens is 254 g/mol. The van der Waals surface area contributed by atoms with Gasteiger partial charge < -0.3 is 5.32 Å². The molecule has 108 valence electrons. The van der Waals surface area contributed by atoms with E-state index in [0.717, 1.165) is 12.2 Å². The SMILES string of the molecule is CCC(C)CS(=O)CC(NC)c1ccc(C)c(C)c1. The molecule has 0 fully saturated rings. The molecule has 1 aromatic carbocycles. The monoisotopic (exact) mass is 281 g/mol. The third-order valence-electron chi connectivity index (χ3n) is 3.80. The summed E-state index contributed by atoms with van der Waals surface area (Å²) in [5.74, 6) is 2.04. The van der Waals surface area contributed by atoms with Crippen LogP contribution in [0.1, 0.15) is 43.0 Å². The van der Waals surface area contributed by atoms with E-state index >= 15 is 0 Å². The predicted molar refractivity (Wildman–Crippen MR) is 85.0 cm³/mol. The third-order valence-corrected chi connectivity index (χ3v) is 5.45. The lowest BCUT2D eigenvalue weighted by Gasteiger charge is -2.18. The minimum atomic E-state index is -0.755. The lowest BCUT2D eigenvalue weighted by atomic mass is 10.0. The molecule has 3 atom stereocenters. The highest BCUT2D eigenvalue weighted by molar-refractivity contribution is 7.85. The van der Waals surface area contributed by atoms with E-state index in [1.165, 1.54) is 16.7 Å². The van der Waals surface area contributed by atoms with Gasteiger partial charge in [0, 0.05) is 28.3 Å². The molecule has 0 aliphatic rings. The van der Waals surface area contributed by atoms with Crippen LogP contribution >= 0.6 is 0 Å². The Bertz CT molecular complexity index is 431. The number of nitrogens with one attached hydrogen (secondary N) is 1. The van der Waals surface area contributed by atoms with Crippen LogP contribution in [0.25, 0.3) is 0 Å². The Labute approximate surface area is 120 Å². The third kappa shape index (κ3) is 5.07. The average molecular weight is 281 g/mol. The van der Waals surface area contributed by atoms with Gasteiger partial charge in [0.2, 0.25) is 0 Å². The van der Waals surface area contributed by atoms with Crippen LogP contribution in [0.5, 0.6) is 0 Å². The molecule has 3 heteroatoms. The second-order valence-electron chi connectivity index (χ2n) is 5.47. The highest BCUT2D eigenvalue weighted by atomic mass is 32.2. The van der Waals surface area contributed by atoms with E-state index in [2.05, 4.69) is 51.2 Å². The average Bonchev–Trinajstić information content (AvgIpc) is 2.39. The second-order valence-corrected chi connectivity index (χ2v) is 7.02. The van der Waals surface area contributed by atoms with Gasteiger partial charge in [-0.05, 0) is 43.5 Å². The largest absolute Gasteiger partial charge is 0.312 e. The van der Waals surface area contributed by atoms with Crippen molar-refractivity contribution in [2.45, 2.75) is 40.2 Å². The fraction of sp³-hybridized carbons (Fsp3) is 0.625. The van der Waals surface area contributed by atoms with Crippen LogP contribution < -0.4 is 5.32 Å². The molecule has 0 aromatic heterocycles. The molecular formula is C16H27NOS. The summed E-state index contributed by atoms with van der Waals surface area (Å²) in [7, 11) is 1.19. The van der Waals surface area contributed by atoms with E-state index in [1.54, 1.807) is 0 Å². The van der Waals surface area contributed by atoms with Gasteiger partial charge in [-0.3, -0.25) is 4.21 Å². The summed E-state index contributed by atoms with van der Waals surface area (Å²) >= 11 is 0. The molecule has 3 unspecified atom stereocenters. The molecule has 0 bridgehead atoms. The van der Waals surface area contributed by atoms with Crippen molar-refractivity contribution in [1.82, 2.24) is 5.32 Å². The maximum absolute atomic E-state index is 12.2. The number of rotatable bonds is 7. The zero-order valence-electron chi connectivity index (χ0n) is 12.8. The number of benzene rings is 1. The Morgan fingerprint density at radius 1 is 1.21 bits per heavy atom. The highest BCUT2D eigenvalue weighted by Gasteiger charge is 2.15. The summed E-state index contributed by atoms with van der Waals surface area (Å²) in [6.07, 6.45) is 1.10. The predicted octanol–water partition coefficient (Wildman–Crippen LogP) is 3.36. The van der Waals surface area contributed by atoms with E-state index < -0.39 is 10.8 Å². The van der Waals surface area contributed by atoms with Crippen molar-refractivity contribution in [1.29, 1.82) is 0 Å². The van der Waals surface area contributed by atoms with E-state index in [9.17, 15) is 4.21 Å². The van der Waals surface area contributed by atoms with Gasteiger partial charge in [0.1, 0.15) is 0 Å². The Kier molecular flexibility index (Phi) is 6.73. The molecule has 0 saturated carbocycles. The van der Waals surface area contributed by atoms with Crippen LogP contribution in [0.4, 0.5) is 0 Å². The van der Waals surface area contributed by atoms with Gasteiger partial charge in [0.25, 0.3) is 0 Å². The molecule has 1 aromatic rings. The quantitative estimate of drug-likeness (QED) is 0.830. The van der Waals surface area contributed by atoms with E-state index in [0.29, 0.717) is 11.7 Å². The molecule has 0 amide bonds. The molecule has 2 nitrogen and oxygen atoms in total. The standard InChI is InChI=1S/C16H27NOS/c1-6-12(2)10-19(18)11-16(17-5)15-8-7-13(3)14(4)9-15/h7-9,12,16-17H,6,10-11H2,1-5H3. The molecule has 1 rings (SSSR count). The van der Waals surface area contributed by atoms with Gasteiger partial charge in [-0.1, -0.05) is 38.5 Å². The summed E-state index contributed by atoms with van der Waals surface area (Å²) in [6.45, 7) is 8.57. The van der Waals surface area contributed by atoms with Crippen molar-refractivity contribution in [3.8, 4) is 0 Å². The lowest BCUT2D eigenvalue weighted by Crippen LogP contribution is -2.25. The fourth-order valence-corrected chi connectivity index (χ4v) is 3.75. The van der Waals surface area contributed by atoms with Crippen molar-refractivity contribution >= 4 is 10.8 Å². The van der Waals surface area contributed by atoms with Crippen molar-refractivity contribution in [2.75, 3.05) is 18.6 Å². The number of aryl methyl sites for hydroxylation is 2. The van der Waals surface area contributed by atoms with Crippen LogP contribution in [0, 0.1) is 19.8 Å². The van der Waals surface area contributed by atoms with Crippen molar-refractivity contribution in [3.05, 3.63) is 34.9 Å². The summed E-state index contributed by atoms with van der Waals surface area (Å²) in [5.41, 5.74) is 3.84. The van der Waals surface area contributed by atoms with Crippen LogP contribution in [0.2, 0.25) is 0 Å². The Morgan fingerprint density at radius 2 is 1.89 bits per heavy atom. The van der Waals surface area contributed by atoms with Crippen LogP contribution in [0.15, 0.2) is 18.2 Å². The van der Waals surface area contributed by atoms with Crippen molar-refractivity contribution < 1.29 is 4.21 Å². The van der Waals surface area contributed by atoms with Gasteiger partial charge in [0.05, 0.1) is 0 Å². The Hall–Kier alpha value is -0.670. The maximum atomic E-state index is 12.2. The molecule has 1 N–H and O–H groups in total. The smallest absolute Gasteiger partial charge is 0.0434 e. The Morgan fingerprint density at radius 3 is 2.42 bits per heavy atom. The van der Waals surface area contributed by atoms with Gasteiger partial charge >= 0.3 is 0 Å². The zero-order chi connectivity index (χ0) is 14.4. The van der Waals surface area contributed by atoms with Gasteiger partial charge in [0.15, 0.2) is 0 Å². The first-order valence-corrected chi connectivity index (χ1v) is 8.56. The van der Waals surface area contributed by atoms with E-state index in [1.807, 2.05) is 7.05 Å². The van der Waals surface area contributed by atoms with Gasteiger partial charge in [-0.15, -0.1) is 0 Å². The first kappa shape index (κ1) is 16.4. The molecule has 0 saturated heterocycles. The van der Waals surface area contributed by atoms with Crippen molar-refractivity contribution in [2.24, 2.45) is 5.92 Å². The first-order valence-electron chi connectivity index (χ1n) is 7.07. The summed E-state index contributed by atoms with van der Waals surface area (Å²) in [4.78, 5) is 0. The summed E-state index contributed by atoms with van der Waals surface area (Å²) in [6, 6.07) is 6.68. The topological polar surface area (TPSA) is 29.1 Å². The summed E-state index contributed by atoms with van der Waals surface area (Å²) in [5, 5.41) is 3.29. The first-order chi connectivity index (χ1) is 8.97. The molecule has 19 heavy (non-hydrogen) atoms. The van der Waals surface area contributed by atoms with Gasteiger partial charge in [-0.25, -0.2) is 0 Å². The maximum Gasteiger partial charge on any atom is 0.0434 e. The summed E-state index contributed by atoms with van der Waals surface area (Å²) < 4.78 is 12.2. The van der Waals surface area contributed by atoms with E-state index in [-0.39, 0.29) is 6.04 Å². The van der Waals surface area contributed by atoms with Crippen LogP contribution in [-0.2, 0) is 10.8 Å². The number of hydrogen-bond donors (Lipinski definition) is 1. The highest BCUT2D eigenvalue weighted by Crippen LogP contribution is 2.18.